The van der Waals surface area contributed by atoms with Gasteiger partial charge in [-0.15, -0.1) is 11.5 Å². The van der Waals surface area contributed by atoms with Crippen LogP contribution in [0.15, 0.2) is 12.2 Å². The van der Waals surface area contributed by atoms with E-state index in [4.69, 9.17) is 4.74 Å². The summed E-state index contributed by atoms with van der Waals surface area (Å²) in [7, 11) is -1.23. The number of rotatable bonds is 4. The molecule has 0 aliphatic rings. The second-order valence-corrected chi connectivity index (χ2v) is 9.07. The maximum Gasteiger partial charge on any atom is 0.330 e. The lowest BCUT2D eigenvalue weighted by atomic mass is 10.3. The molecule has 2 nitrogen and oxygen atoms in total. The van der Waals surface area contributed by atoms with Crippen LogP contribution in [0.1, 0.15) is 19.8 Å². The maximum absolute atomic E-state index is 10.9. The first-order valence-electron chi connectivity index (χ1n) is 5.25. The van der Waals surface area contributed by atoms with Crippen molar-refractivity contribution >= 4 is 14.0 Å². The molecule has 15 heavy (non-hydrogen) atoms. The quantitative estimate of drug-likeness (QED) is 0.241. The van der Waals surface area contributed by atoms with E-state index in [0.717, 1.165) is 12.8 Å². The van der Waals surface area contributed by atoms with Crippen molar-refractivity contribution < 1.29 is 9.53 Å². The number of hydrogen-bond donors (Lipinski definition) is 0. The minimum Gasteiger partial charge on any atom is -0.463 e. The molecule has 0 N–H and O–H groups in total. The smallest absolute Gasteiger partial charge is 0.330 e. The Bertz CT molecular complexity index is 276. The molecule has 0 amide bonds. The van der Waals surface area contributed by atoms with Gasteiger partial charge in [-0.05, 0) is 13.3 Å². The molecule has 0 unspecified atom stereocenters. The molecule has 0 radical (unpaired) electrons. The van der Waals surface area contributed by atoms with Crippen molar-refractivity contribution in [3.63, 3.8) is 0 Å². The normalized spacial score (nSPS) is 10.9. The van der Waals surface area contributed by atoms with Gasteiger partial charge in [0, 0.05) is 12.5 Å². The van der Waals surface area contributed by atoms with E-state index in [2.05, 4.69) is 31.1 Å². The van der Waals surface area contributed by atoms with Crippen LogP contribution >= 0.6 is 0 Å². The number of carbonyl (C=O) groups excluding carboxylic acids is 1. The molecule has 0 saturated carbocycles. The topological polar surface area (TPSA) is 26.3 Å². The highest BCUT2D eigenvalue weighted by Crippen LogP contribution is 1.97. The Hall–Kier alpha value is -1.01. The van der Waals surface area contributed by atoms with Gasteiger partial charge in [-0.2, -0.15) is 0 Å². The number of esters is 1. The van der Waals surface area contributed by atoms with Gasteiger partial charge in [-0.1, -0.05) is 25.7 Å². The van der Waals surface area contributed by atoms with E-state index in [1.807, 2.05) is 0 Å². The van der Waals surface area contributed by atoms with E-state index in [1.54, 1.807) is 13.0 Å². The first-order chi connectivity index (χ1) is 6.95. The summed E-state index contributed by atoms with van der Waals surface area (Å²) in [6.07, 6.45) is 4.73. The average molecular weight is 224 g/mol. The number of hydrogen-bond acceptors (Lipinski definition) is 2. The van der Waals surface area contributed by atoms with Crippen LogP contribution in [-0.4, -0.2) is 20.7 Å². The monoisotopic (exact) mass is 224 g/mol. The van der Waals surface area contributed by atoms with E-state index in [-0.39, 0.29) is 5.97 Å². The van der Waals surface area contributed by atoms with Gasteiger partial charge in [-0.25, -0.2) is 4.79 Å². The highest BCUT2D eigenvalue weighted by molar-refractivity contribution is 6.83. The van der Waals surface area contributed by atoms with E-state index >= 15 is 0 Å². The van der Waals surface area contributed by atoms with Crippen LogP contribution in [0.3, 0.4) is 0 Å². The standard InChI is InChI=1S/C12H20O2Si/c1-5-9-12(13)14-10-7-6-8-11-15(2,3)4/h5,9H,6-7,10H2,1-4H3. The first-order valence-corrected chi connectivity index (χ1v) is 8.75. The zero-order chi connectivity index (χ0) is 11.7. The van der Waals surface area contributed by atoms with Gasteiger partial charge in [0.1, 0.15) is 8.07 Å². The van der Waals surface area contributed by atoms with Gasteiger partial charge in [0.2, 0.25) is 0 Å². The molecule has 0 atom stereocenters. The summed E-state index contributed by atoms with van der Waals surface area (Å²) in [5.41, 5.74) is 3.27. The fraction of sp³-hybridized carbons (Fsp3) is 0.583. The molecule has 0 bridgehead atoms. The highest BCUT2D eigenvalue weighted by atomic mass is 28.3. The van der Waals surface area contributed by atoms with Crippen molar-refractivity contribution in [2.24, 2.45) is 0 Å². The van der Waals surface area contributed by atoms with Crippen LogP contribution in [0.2, 0.25) is 19.6 Å². The average Bonchev–Trinajstić information content (AvgIpc) is 2.09. The Morgan fingerprint density at radius 3 is 2.60 bits per heavy atom. The third-order valence-electron chi connectivity index (χ3n) is 1.46. The van der Waals surface area contributed by atoms with Crippen molar-refractivity contribution in [2.75, 3.05) is 6.61 Å². The Kier molecular flexibility index (Phi) is 6.81. The van der Waals surface area contributed by atoms with E-state index in [0.29, 0.717) is 6.61 Å². The number of ether oxygens (including phenoxy) is 1. The lowest BCUT2D eigenvalue weighted by molar-refractivity contribution is -0.137. The summed E-state index contributed by atoms with van der Waals surface area (Å²) >= 11 is 0. The van der Waals surface area contributed by atoms with Crippen LogP contribution in [0.25, 0.3) is 0 Å². The summed E-state index contributed by atoms with van der Waals surface area (Å²) in [4.78, 5) is 10.9. The molecule has 0 aliphatic heterocycles. The third-order valence-corrected chi connectivity index (χ3v) is 2.38. The molecule has 0 aliphatic carbocycles. The van der Waals surface area contributed by atoms with Gasteiger partial charge in [0.15, 0.2) is 0 Å². The predicted octanol–water partition coefficient (Wildman–Crippen LogP) is 2.77. The fourth-order valence-corrected chi connectivity index (χ4v) is 1.50. The lowest BCUT2D eigenvalue weighted by Crippen LogP contribution is -2.16. The number of allylic oxidation sites excluding steroid dienone is 1. The molecule has 0 spiro atoms. The lowest BCUT2D eigenvalue weighted by Gasteiger charge is -2.03. The summed E-state index contributed by atoms with van der Waals surface area (Å²) in [6.45, 7) is 8.90. The first kappa shape index (κ1) is 14.0. The summed E-state index contributed by atoms with van der Waals surface area (Å²) in [6, 6.07) is 0. The molecule has 0 fully saturated rings. The van der Waals surface area contributed by atoms with Gasteiger partial charge < -0.3 is 4.74 Å². The van der Waals surface area contributed by atoms with Crippen LogP contribution in [0.5, 0.6) is 0 Å². The van der Waals surface area contributed by atoms with E-state index in [1.165, 1.54) is 6.08 Å². The molecule has 0 saturated heterocycles. The molecule has 84 valence electrons. The molecular formula is C12H20O2Si. The van der Waals surface area contributed by atoms with Crippen LogP contribution in [0, 0.1) is 11.5 Å². The molecule has 3 heteroatoms. The minimum atomic E-state index is -1.23. The Morgan fingerprint density at radius 2 is 2.07 bits per heavy atom. The molecule has 0 aromatic carbocycles. The highest BCUT2D eigenvalue weighted by Gasteiger charge is 2.06. The zero-order valence-corrected chi connectivity index (χ0v) is 11.1. The van der Waals surface area contributed by atoms with Gasteiger partial charge >= 0.3 is 5.97 Å². The second kappa shape index (κ2) is 7.30. The van der Waals surface area contributed by atoms with Crippen molar-refractivity contribution in [1.82, 2.24) is 0 Å². The Labute approximate surface area is 93.7 Å². The molecule has 0 aromatic rings. The predicted molar refractivity (Wildman–Crippen MR) is 66.1 cm³/mol. The molecule has 0 rings (SSSR count). The van der Waals surface area contributed by atoms with Crippen molar-refractivity contribution in [1.29, 1.82) is 0 Å². The zero-order valence-electron chi connectivity index (χ0n) is 10.1. The van der Waals surface area contributed by atoms with E-state index < -0.39 is 8.07 Å². The summed E-state index contributed by atoms with van der Waals surface area (Å²) in [5.74, 6) is 2.87. The fourth-order valence-electron chi connectivity index (χ4n) is 0.845. The minimum absolute atomic E-state index is 0.268. The maximum atomic E-state index is 10.9. The van der Waals surface area contributed by atoms with Crippen LogP contribution in [-0.2, 0) is 9.53 Å². The van der Waals surface area contributed by atoms with Crippen molar-refractivity contribution in [3.05, 3.63) is 12.2 Å². The van der Waals surface area contributed by atoms with Gasteiger partial charge in [0.25, 0.3) is 0 Å². The number of unbranched alkanes of at least 4 members (excludes halogenated alkanes) is 1. The van der Waals surface area contributed by atoms with Gasteiger partial charge in [-0.3, -0.25) is 0 Å². The third kappa shape index (κ3) is 10.9. The van der Waals surface area contributed by atoms with Crippen molar-refractivity contribution in [2.45, 2.75) is 39.4 Å². The number of carbonyl (C=O) groups is 1. The van der Waals surface area contributed by atoms with Gasteiger partial charge in [0.05, 0.1) is 6.61 Å². The van der Waals surface area contributed by atoms with Crippen LogP contribution in [0.4, 0.5) is 0 Å². The largest absolute Gasteiger partial charge is 0.463 e. The second-order valence-electron chi connectivity index (χ2n) is 4.32. The SMILES string of the molecule is CC=CC(=O)OCCCC#C[Si](C)(C)C. The molecule has 0 aromatic heterocycles. The summed E-state index contributed by atoms with van der Waals surface area (Å²) < 4.78 is 4.93. The Balaban J connectivity index is 3.55. The molecule has 0 heterocycles. The van der Waals surface area contributed by atoms with Crippen molar-refractivity contribution in [3.8, 4) is 11.5 Å². The summed E-state index contributed by atoms with van der Waals surface area (Å²) in [5, 5.41) is 0. The van der Waals surface area contributed by atoms with Crippen LogP contribution < -0.4 is 0 Å². The van der Waals surface area contributed by atoms with E-state index in [9.17, 15) is 4.79 Å². The Morgan fingerprint density at radius 1 is 1.40 bits per heavy atom. The molecular weight excluding hydrogens is 204 g/mol.